The van der Waals surface area contributed by atoms with Gasteiger partial charge >= 0.3 is 14.9 Å². The third-order valence-corrected chi connectivity index (χ3v) is 11.4. The molecule has 1 saturated carbocycles. The number of nitrogens with zero attached hydrogens (tertiary/aromatic N) is 1. The lowest BCUT2D eigenvalue weighted by atomic mass is 9.63. The van der Waals surface area contributed by atoms with Crippen molar-refractivity contribution in [3.63, 3.8) is 0 Å². The summed E-state index contributed by atoms with van der Waals surface area (Å²) in [5, 5.41) is 6.06. The first-order valence-electron chi connectivity index (χ1n) is 16.1. The van der Waals surface area contributed by atoms with Crippen LogP contribution >= 0.6 is 0 Å². The van der Waals surface area contributed by atoms with Crippen molar-refractivity contribution in [2.75, 3.05) is 34.4 Å². The smallest absolute Gasteiger partial charge is 0.446 e. The van der Waals surface area contributed by atoms with Gasteiger partial charge < -0.3 is 28.6 Å². The van der Waals surface area contributed by atoms with E-state index in [2.05, 4.69) is 57.2 Å². The first-order valence-corrected chi connectivity index (χ1v) is 18.0. The molecule has 0 aromatic carbocycles. The predicted octanol–water partition coefficient (Wildman–Crippen LogP) is 6.55. The van der Waals surface area contributed by atoms with Crippen LogP contribution in [0.4, 0.5) is 4.79 Å². The van der Waals surface area contributed by atoms with Crippen LogP contribution in [0, 0.1) is 16.2 Å². The second-order valence-electron chi connectivity index (χ2n) is 14.3. The Hall–Kier alpha value is -1.78. The van der Waals surface area contributed by atoms with E-state index in [4.69, 9.17) is 18.0 Å². The average molecular weight is 628 g/mol. The Morgan fingerprint density at radius 2 is 1.65 bits per heavy atom. The fourth-order valence-corrected chi connectivity index (χ4v) is 8.57. The number of unbranched alkanes of at least 4 members (excludes halogenated alkanes) is 3. The van der Waals surface area contributed by atoms with E-state index in [9.17, 15) is 14.4 Å². The van der Waals surface area contributed by atoms with Crippen LogP contribution in [0.5, 0.6) is 0 Å². The number of amides is 2. The summed E-state index contributed by atoms with van der Waals surface area (Å²) in [6.07, 6.45) is 11.1. The average Bonchev–Trinajstić information content (AvgIpc) is 2.93. The molecule has 0 aromatic rings. The van der Waals surface area contributed by atoms with Gasteiger partial charge in [0.15, 0.2) is 0 Å². The van der Waals surface area contributed by atoms with Crippen LogP contribution in [0.3, 0.4) is 0 Å². The molecular formula is C32H61N3O7Si. The van der Waals surface area contributed by atoms with Crippen LogP contribution < -0.4 is 10.6 Å². The first kappa shape index (κ1) is 39.2. The minimum atomic E-state index is -2.66. The Morgan fingerprint density at radius 1 is 1.00 bits per heavy atom. The van der Waals surface area contributed by atoms with Gasteiger partial charge in [0, 0.05) is 46.9 Å². The highest BCUT2D eigenvalue weighted by Gasteiger charge is 2.42. The van der Waals surface area contributed by atoms with Crippen molar-refractivity contribution < 1.29 is 32.4 Å². The van der Waals surface area contributed by atoms with Gasteiger partial charge in [0.25, 0.3) is 0 Å². The summed E-state index contributed by atoms with van der Waals surface area (Å²) >= 11 is 0. The number of hydrogen-bond acceptors (Lipinski definition) is 8. The monoisotopic (exact) mass is 627 g/mol. The molecule has 10 nitrogen and oxygen atoms in total. The molecule has 250 valence electrons. The van der Waals surface area contributed by atoms with Crippen LogP contribution in [0.1, 0.15) is 119 Å². The molecule has 0 radical (unpaired) electrons. The van der Waals surface area contributed by atoms with Gasteiger partial charge in [-0.1, -0.05) is 60.8 Å². The molecule has 0 aliphatic heterocycles. The number of alkyl carbamates (subject to hydrolysis) is 1. The fourth-order valence-electron chi connectivity index (χ4n) is 6.47. The summed E-state index contributed by atoms with van der Waals surface area (Å²) in [5.41, 5.74) is -0.309. The summed E-state index contributed by atoms with van der Waals surface area (Å²) in [6.45, 7) is 13.9. The van der Waals surface area contributed by atoms with E-state index in [1.54, 1.807) is 27.4 Å². The van der Waals surface area contributed by atoms with E-state index in [1.807, 2.05) is 0 Å². The number of carbonyl (C=O) groups excluding carboxylic acids is 3. The van der Waals surface area contributed by atoms with E-state index < -0.39 is 14.9 Å². The van der Waals surface area contributed by atoms with Crippen molar-refractivity contribution in [2.45, 2.75) is 137 Å². The van der Waals surface area contributed by atoms with Crippen molar-refractivity contribution in [2.24, 2.45) is 21.2 Å². The standard InChI is InChI=1S/C32H61N3O7Si/c1-10-11-12-13-15-27(42-29(38)34-24-32(6)21-26(35-25-36)20-31(4,5)22-32)16-14-17-28(37)33-23-30(2,3)18-19-43(39-7,40-8)41-9/h26-27H,10-24H2,1-9H3,(H,33,37)(H,34,38). The summed E-state index contributed by atoms with van der Waals surface area (Å²) < 4.78 is 22.5. The highest BCUT2D eigenvalue weighted by atomic mass is 28.4. The third-order valence-electron chi connectivity index (χ3n) is 8.71. The van der Waals surface area contributed by atoms with Crippen LogP contribution in [-0.2, 0) is 27.6 Å². The molecule has 0 bridgehead atoms. The number of aliphatic imine (C=N–C) groups is 1. The molecule has 3 unspecified atom stereocenters. The lowest BCUT2D eigenvalue weighted by Gasteiger charge is -2.45. The van der Waals surface area contributed by atoms with Gasteiger partial charge in [0.2, 0.25) is 12.0 Å². The van der Waals surface area contributed by atoms with Gasteiger partial charge in [-0.3, -0.25) is 4.79 Å². The Morgan fingerprint density at radius 3 is 2.26 bits per heavy atom. The van der Waals surface area contributed by atoms with Crippen LogP contribution in [0.2, 0.25) is 6.04 Å². The largest absolute Gasteiger partial charge is 0.500 e. The molecule has 1 fully saturated rings. The van der Waals surface area contributed by atoms with E-state index in [-0.39, 0.29) is 34.3 Å². The minimum Gasteiger partial charge on any atom is -0.446 e. The minimum absolute atomic E-state index is 0.00336. The number of ether oxygens (including phenoxy) is 1. The predicted molar refractivity (Wildman–Crippen MR) is 172 cm³/mol. The van der Waals surface area contributed by atoms with E-state index in [1.165, 1.54) is 0 Å². The number of isocyanates is 1. The molecular weight excluding hydrogens is 566 g/mol. The molecule has 1 aliphatic rings. The van der Waals surface area contributed by atoms with Gasteiger partial charge in [-0.25, -0.2) is 14.6 Å². The van der Waals surface area contributed by atoms with Crippen LogP contribution in [-0.4, -0.2) is 73.4 Å². The number of rotatable bonds is 21. The summed E-state index contributed by atoms with van der Waals surface area (Å²) in [7, 11) is 2.17. The highest BCUT2D eigenvalue weighted by Crippen LogP contribution is 2.46. The quantitative estimate of drug-likeness (QED) is 0.0640. The molecule has 11 heteroatoms. The molecule has 0 spiro atoms. The summed E-state index contributed by atoms with van der Waals surface area (Å²) in [4.78, 5) is 40.5. The fraction of sp³-hybridized carbons (Fsp3) is 0.906. The molecule has 1 aliphatic carbocycles. The second-order valence-corrected chi connectivity index (χ2v) is 17.4. The lowest BCUT2D eigenvalue weighted by molar-refractivity contribution is -0.121. The van der Waals surface area contributed by atoms with Crippen molar-refractivity contribution in [1.82, 2.24) is 10.6 Å². The van der Waals surface area contributed by atoms with Crippen LogP contribution in [0.25, 0.3) is 0 Å². The van der Waals surface area contributed by atoms with Crippen molar-refractivity contribution >= 4 is 26.9 Å². The maximum atomic E-state index is 12.9. The first-order chi connectivity index (χ1) is 20.2. The highest BCUT2D eigenvalue weighted by molar-refractivity contribution is 6.60. The summed E-state index contributed by atoms with van der Waals surface area (Å²) in [5.74, 6) is -0.00336. The molecule has 0 heterocycles. The normalized spacial score (nSPS) is 21.0. The van der Waals surface area contributed by atoms with Gasteiger partial charge in [0.1, 0.15) is 6.10 Å². The zero-order chi connectivity index (χ0) is 32.6. The molecule has 2 amide bonds. The van der Waals surface area contributed by atoms with E-state index in [0.717, 1.165) is 57.8 Å². The molecule has 2 N–H and O–H groups in total. The third kappa shape index (κ3) is 15.7. The Balaban J connectivity index is 2.60. The Bertz CT molecular complexity index is 882. The molecule has 1 rings (SSSR count). The lowest BCUT2D eigenvalue weighted by Crippen LogP contribution is -2.45. The topological polar surface area (TPSA) is 125 Å². The van der Waals surface area contributed by atoms with Gasteiger partial charge in [0.05, 0.1) is 6.04 Å². The molecule has 0 aromatic heterocycles. The van der Waals surface area contributed by atoms with Crippen molar-refractivity contribution in [1.29, 1.82) is 0 Å². The maximum Gasteiger partial charge on any atom is 0.500 e. The number of carbonyl (C=O) groups is 2. The zero-order valence-electron chi connectivity index (χ0n) is 28.6. The van der Waals surface area contributed by atoms with Gasteiger partial charge in [-0.15, -0.1) is 0 Å². The molecule has 0 saturated heterocycles. The number of nitrogens with one attached hydrogen (secondary N) is 2. The maximum absolute atomic E-state index is 12.9. The van der Waals surface area contributed by atoms with Gasteiger partial charge in [-0.2, -0.15) is 0 Å². The Labute approximate surface area is 262 Å². The van der Waals surface area contributed by atoms with Gasteiger partial charge in [-0.05, 0) is 67.6 Å². The van der Waals surface area contributed by atoms with E-state index in [0.29, 0.717) is 38.4 Å². The van der Waals surface area contributed by atoms with E-state index >= 15 is 0 Å². The van der Waals surface area contributed by atoms with Crippen molar-refractivity contribution in [3.05, 3.63) is 0 Å². The SMILES string of the molecule is CCCCCCC(CCCC(=O)NCC(C)(C)CC[Si](OC)(OC)OC)OC(=O)NCC1(C)CC(N=C=O)CC(C)(C)C1. The Kier molecular flexibility index (Phi) is 17.2. The zero-order valence-corrected chi connectivity index (χ0v) is 29.6. The van der Waals surface area contributed by atoms with Crippen molar-refractivity contribution in [3.8, 4) is 0 Å². The van der Waals surface area contributed by atoms with Crippen LogP contribution in [0.15, 0.2) is 4.99 Å². The number of hydrogen-bond donors (Lipinski definition) is 2. The summed E-state index contributed by atoms with van der Waals surface area (Å²) in [6, 6.07) is 0.589. The molecule has 3 atom stereocenters. The molecule has 43 heavy (non-hydrogen) atoms. The second kappa shape index (κ2) is 18.9.